The van der Waals surface area contributed by atoms with Gasteiger partial charge in [0.2, 0.25) is 11.8 Å². The molecule has 2 N–H and O–H groups in total. The lowest BCUT2D eigenvalue weighted by Gasteiger charge is -2.28. The number of nitrogens with zero attached hydrogens (tertiary/aromatic N) is 3. The molecule has 0 atom stereocenters. The second kappa shape index (κ2) is 9.13. The lowest BCUT2D eigenvalue weighted by atomic mass is 10.1. The largest absolute Gasteiger partial charge is 0.437 e. The molecule has 166 valence electrons. The molecule has 4 aromatic rings. The smallest absolute Gasteiger partial charge is 0.247 e. The number of fused-ring (bicyclic) bond motifs is 1. The average molecular weight is 441 g/mol. The van der Waals surface area contributed by atoms with Gasteiger partial charge in [0.1, 0.15) is 11.3 Å². The molecule has 1 amide bonds. The summed E-state index contributed by atoms with van der Waals surface area (Å²) < 4.78 is 11.4. The predicted octanol–water partition coefficient (Wildman–Crippen LogP) is 4.38. The van der Waals surface area contributed by atoms with E-state index in [9.17, 15) is 4.79 Å². The van der Waals surface area contributed by atoms with Crippen LogP contribution in [-0.2, 0) is 9.53 Å². The third-order valence-corrected chi connectivity index (χ3v) is 5.42. The first-order valence-corrected chi connectivity index (χ1v) is 10.7. The van der Waals surface area contributed by atoms with Crippen LogP contribution in [0.1, 0.15) is 0 Å². The molecule has 3 heterocycles. The molecule has 1 aliphatic rings. The highest BCUT2D eigenvalue weighted by molar-refractivity contribution is 5.99. The van der Waals surface area contributed by atoms with Crippen molar-refractivity contribution in [3.8, 4) is 22.8 Å². The van der Waals surface area contributed by atoms with Crippen molar-refractivity contribution in [2.24, 2.45) is 0 Å². The molecule has 1 saturated heterocycles. The van der Waals surface area contributed by atoms with Crippen LogP contribution in [0.2, 0.25) is 0 Å². The molecular weight excluding hydrogens is 418 g/mol. The number of carbonyl (C=O) groups is 1. The van der Waals surface area contributed by atoms with Crippen molar-refractivity contribution >= 4 is 28.4 Å². The van der Waals surface area contributed by atoms with E-state index < -0.39 is 0 Å². The van der Waals surface area contributed by atoms with E-state index in [1.807, 2.05) is 6.20 Å². The topological polar surface area (TPSA) is 92.4 Å². The molecule has 2 aromatic heterocycles. The number of ether oxygens (including phenoxy) is 2. The van der Waals surface area contributed by atoms with Crippen LogP contribution in [0.4, 0.5) is 11.4 Å². The highest BCUT2D eigenvalue weighted by Gasteiger charge is 2.14. The fraction of sp³-hybridized carbons (Fsp3) is 0.160. The number of morpholine rings is 1. The van der Waals surface area contributed by atoms with Crippen molar-refractivity contribution < 1.29 is 14.3 Å². The van der Waals surface area contributed by atoms with E-state index in [0.29, 0.717) is 23.0 Å². The first kappa shape index (κ1) is 20.7. The number of carbonyl (C=O) groups excluding carboxylic acids is 1. The summed E-state index contributed by atoms with van der Waals surface area (Å²) >= 11 is 0. The second-order valence-corrected chi connectivity index (χ2v) is 7.58. The van der Waals surface area contributed by atoms with Crippen LogP contribution in [0, 0.1) is 0 Å². The van der Waals surface area contributed by atoms with Gasteiger partial charge in [-0.2, -0.15) is 0 Å². The van der Waals surface area contributed by atoms with E-state index >= 15 is 0 Å². The van der Waals surface area contributed by atoms with Gasteiger partial charge in [-0.3, -0.25) is 4.79 Å². The van der Waals surface area contributed by atoms with Crippen molar-refractivity contribution in [1.82, 2.24) is 15.0 Å². The number of aromatic amines is 1. The lowest BCUT2D eigenvalue weighted by molar-refractivity contribution is -0.111. The maximum absolute atomic E-state index is 11.5. The molecule has 5 rings (SSSR count). The van der Waals surface area contributed by atoms with Gasteiger partial charge in [0.25, 0.3) is 0 Å². The molecule has 0 aliphatic carbocycles. The number of hydrogen-bond acceptors (Lipinski definition) is 6. The number of aromatic nitrogens is 3. The van der Waals surface area contributed by atoms with Crippen LogP contribution in [0.15, 0.2) is 73.6 Å². The molecule has 1 fully saturated rings. The van der Waals surface area contributed by atoms with Gasteiger partial charge >= 0.3 is 0 Å². The first-order chi connectivity index (χ1) is 16.2. The van der Waals surface area contributed by atoms with Gasteiger partial charge in [0.05, 0.1) is 19.4 Å². The Kier molecular flexibility index (Phi) is 5.73. The summed E-state index contributed by atoms with van der Waals surface area (Å²) in [5, 5.41) is 2.71. The Hall–Kier alpha value is -4.17. The Balaban J connectivity index is 1.38. The van der Waals surface area contributed by atoms with Crippen LogP contribution < -0.4 is 15.0 Å². The Labute approximate surface area is 190 Å². The number of amides is 1. The SMILES string of the molecule is C=CC(=O)Nc1cccc(Oc2cnc3[nH]cc(-c4ccc(N5CCOCC5)cc4)c3n2)c1. The van der Waals surface area contributed by atoms with Gasteiger partial charge in [-0.1, -0.05) is 24.8 Å². The van der Waals surface area contributed by atoms with Crippen LogP contribution in [0.5, 0.6) is 11.6 Å². The lowest BCUT2D eigenvalue weighted by Crippen LogP contribution is -2.36. The number of hydrogen-bond donors (Lipinski definition) is 2. The minimum atomic E-state index is -0.287. The van der Waals surface area contributed by atoms with E-state index in [0.717, 1.165) is 42.9 Å². The van der Waals surface area contributed by atoms with Crippen LogP contribution in [0.25, 0.3) is 22.3 Å². The van der Waals surface area contributed by atoms with Gasteiger partial charge in [0, 0.05) is 42.3 Å². The van der Waals surface area contributed by atoms with Crippen molar-refractivity contribution in [3.05, 3.63) is 73.6 Å². The molecule has 8 heteroatoms. The van der Waals surface area contributed by atoms with Gasteiger partial charge < -0.3 is 24.7 Å². The molecule has 0 saturated carbocycles. The van der Waals surface area contributed by atoms with Crippen LogP contribution in [-0.4, -0.2) is 47.2 Å². The van der Waals surface area contributed by atoms with E-state index in [1.165, 1.54) is 11.8 Å². The zero-order valence-electron chi connectivity index (χ0n) is 18.0. The average Bonchev–Trinajstić information content (AvgIpc) is 3.28. The van der Waals surface area contributed by atoms with E-state index in [-0.39, 0.29) is 5.91 Å². The summed E-state index contributed by atoms with van der Waals surface area (Å²) in [6, 6.07) is 15.5. The summed E-state index contributed by atoms with van der Waals surface area (Å²) in [7, 11) is 0. The summed E-state index contributed by atoms with van der Waals surface area (Å²) in [6.07, 6.45) is 4.69. The van der Waals surface area contributed by atoms with Crippen molar-refractivity contribution in [3.63, 3.8) is 0 Å². The minimum Gasteiger partial charge on any atom is -0.437 e. The minimum absolute atomic E-state index is 0.287. The second-order valence-electron chi connectivity index (χ2n) is 7.58. The molecule has 33 heavy (non-hydrogen) atoms. The molecule has 1 aliphatic heterocycles. The number of rotatable bonds is 6. The summed E-state index contributed by atoms with van der Waals surface area (Å²) in [6.45, 7) is 6.77. The van der Waals surface area contributed by atoms with Gasteiger partial charge in [-0.25, -0.2) is 9.97 Å². The summed E-state index contributed by atoms with van der Waals surface area (Å²) in [5.41, 5.74) is 5.18. The molecular formula is C25H23N5O3. The van der Waals surface area contributed by atoms with Crippen LogP contribution >= 0.6 is 0 Å². The Morgan fingerprint density at radius 3 is 2.79 bits per heavy atom. The van der Waals surface area contributed by atoms with Crippen molar-refractivity contribution in [1.29, 1.82) is 0 Å². The predicted molar refractivity (Wildman–Crippen MR) is 128 cm³/mol. The fourth-order valence-corrected chi connectivity index (χ4v) is 3.77. The maximum atomic E-state index is 11.5. The monoisotopic (exact) mass is 441 g/mol. The molecule has 2 aromatic carbocycles. The maximum Gasteiger partial charge on any atom is 0.247 e. The normalized spacial score (nSPS) is 13.6. The molecule has 8 nitrogen and oxygen atoms in total. The van der Waals surface area contributed by atoms with Gasteiger partial charge in [0.15, 0.2) is 5.65 Å². The molecule has 0 spiro atoms. The highest BCUT2D eigenvalue weighted by atomic mass is 16.5. The first-order valence-electron chi connectivity index (χ1n) is 10.7. The molecule has 0 bridgehead atoms. The number of benzene rings is 2. The van der Waals surface area contributed by atoms with Gasteiger partial charge in [-0.15, -0.1) is 0 Å². The third-order valence-electron chi connectivity index (χ3n) is 5.42. The number of nitrogens with one attached hydrogen (secondary N) is 2. The van der Waals surface area contributed by atoms with E-state index in [4.69, 9.17) is 9.47 Å². The van der Waals surface area contributed by atoms with Crippen LogP contribution in [0.3, 0.4) is 0 Å². The quantitative estimate of drug-likeness (QED) is 0.432. The highest BCUT2D eigenvalue weighted by Crippen LogP contribution is 2.31. The molecule has 0 unspecified atom stereocenters. The van der Waals surface area contributed by atoms with Crippen molar-refractivity contribution in [2.75, 3.05) is 36.5 Å². The Morgan fingerprint density at radius 2 is 2.00 bits per heavy atom. The zero-order valence-corrected chi connectivity index (χ0v) is 18.0. The standard InChI is InChI=1S/C25H23N5O3/c1-2-22(31)28-18-4-3-5-20(14-18)33-23-16-27-25-24(29-23)21(15-26-25)17-6-8-19(9-7-17)30-10-12-32-13-11-30/h2-9,14-16H,1,10-13H2,(H,26,27)(H,28,31). The zero-order chi connectivity index (χ0) is 22.6. The Morgan fingerprint density at radius 1 is 1.18 bits per heavy atom. The van der Waals surface area contributed by atoms with Gasteiger partial charge in [-0.05, 0) is 35.9 Å². The number of anilines is 2. The Bertz CT molecular complexity index is 1290. The van der Waals surface area contributed by atoms with E-state index in [1.54, 1.807) is 30.5 Å². The third kappa shape index (κ3) is 4.56. The van der Waals surface area contributed by atoms with E-state index in [2.05, 4.69) is 56.0 Å². The molecule has 0 radical (unpaired) electrons. The fourth-order valence-electron chi connectivity index (χ4n) is 3.77. The summed E-state index contributed by atoms with van der Waals surface area (Å²) in [4.78, 5) is 26.2. The van der Waals surface area contributed by atoms with Crippen molar-refractivity contribution in [2.45, 2.75) is 0 Å². The summed E-state index contributed by atoms with van der Waals surface area (Å²) in [5.74, 6) is 0.614. The number of H-pyrrole nitrogens is 1.